The Balaban J connectivity index is 1.86. The second-order valence-corrected chi connectivity index (χ2v) is 8.68. The highest BCUT2D eigenvalue weighted by atomic mass is 79.9. The smallest absolute Gasteiger partial charge is 0.410 e. The zero-order chi connectivity index (χ0) is 21.3. The molecule has 0 atom stereocenters. The van der Waals surface area contributed by atoms with Gasteiger partial charge in [-0.15, -0.1) is 0 Å². The fraction of sp³-hybridized carbons (Fsp3) is 0.350. The fourth-order valence-corrected chi connectivity index (χ4v) is 3.31. The molecule has 2 aromatic rings. The molecule has 2 heterocycles. The highest BCUT2D eigenvalue weighted by molar-refractivity contribution is 9.10. The Morgan fingerprint density at radius 1 is 1.24 bits per heavy atom. The largest absolute Gasteiger partial charge is 0.470 e. The summed E-state index contributed by atoms with van der Waals surface area (Å²) >= 11 is 3.37. The van der Waals surface area contributed by atoms with Crippen LogP contribution in [0.5, 0.6) is 0 Å². The second kappa shape index (κ2) is 7.90. The molecule has 0 aliphatic carbocycles. The third kappa shape index (κ3) is 4.61. The number of likely N-dealkylation sites (tertiary alicyclic amines) is 1. The lowest BCUT2D eigenvalue weighted by Crippen LogP contribution is -2.56. The van der Waals surface area contributed by atoms with E-state index in [0.29, 0.717) is 15.8 Å². The molecule has 1 fully saturated rings. The number of carbonyl (C=O) groups excluding carboxylic acids is 3. The van der Waals surface area contributed by atoms with Gasteiger partial charge in [-0.1, -0.05) is 15.9 Å². The Labute approximate surface area is 176 Å². The maximum absolute atomic E-state index is 13.3. The normalized spacial score (nSPS) is 14.3. The van der Waals surface area contributed by atoms with E-state index < -0.39 is 23.5 Å². The van der Waals surface area contributed by atoms with Crippen LogP contribution in [0.25, 0.3) is 0 Å². The minimum absolute atomic E-state index is 0.200. The van der Waals surface area contributed by atoms with Crippen molar-refractivity contribution in [2.75, 3.05) is 18.0 Å². The lowest BCUT2D eigenvalue weighted by Gasteiger charge is -2.40. The molecule has 3 rings (SSSR count). The lowest BCUT2D eigenvalue weighted by molar-refractivity contribution is -0.126. The molecule has 0 bridgehead atoms. The molecule has 2 N–H and O–H groups in total. The van der Waals surface area contributed by atoms with E-state index in [0.717, 1.165) is 0 Å². The van der Waals surface area contributed by atoms with E-state index in [1.165, 1.54) is 22.3 Å². The van der Waals surface area contributed by atoms with Gasteiger partial charge in [0.05, 0.1) is 29.1 Å². The van der Waals surface area contributed by atoms with Crippen molar-refractivity contribution >= 4 is 45.2 Å². The van der Waals surface area contributed by atoms with Crippen LogP contribution in [0, 0.1) is 5.92 Å². The van der Waals surface area contributed by atoms with E-state index in [2.05, 4.69) is 15.9 Å². The quantitative estimate of drug-likeness (QED) is 0.743. The number of carbonyl (C=O) groups is 3. The monoisotopic (exact) mass is 463 g/mol. The highest BCUT2D eigenvalue weighted by Crippen LogP contribution is 2.34. The van der Waals surface area contributed by atoms with E-state index in [1.807, 2.05) is 0 Å². The number of anilines is 2. The summed E-state index contributed by atoms with van der Waals surface area (Å²) in [5.41, 5.74) is 5.91. The van der Waals surface area contributed by atoms with Gasteiger partial charge >= 0.3 is 6.09 Å². The first-order valence-corrected chi connectivity index (χ1v) is 9.79. The molecular formula is C20H22BrN3O5. The van der Waals surface area contributed by atoms with Gasteiger partial charge in [-0.25, -0.2) is 4.79 Å². The second-order valence-electron chi connectivity index (χ2n) is 7.76. The lowest BCUT2D eigenvalue weighted by atomic mass is 9.97. The van der Waals surface area contributed by atoms with Crippen LogP contribution in [0.3, 0.4) is 0 Å². The zero-order valence-electron chi connectivity index (χ0n) is 16.3. The van der Waals surface area contributed by atoms with Gasteiger partial charge < -0.3 is 19.8 Å². The van der Waals surface area contributed by atoms with Crippen molar-refractivity contribution in [1.82, 2.24) is 4.90 Å². The minimum atomic E-state index is -0.655. The van der Waals surface area contributed by atoms with Gasteiger partial charge in [-0.3, -0.25) is 14.5 Å². The van der Waals surface area contributed by atoms with Crippen LogP contribution in [0.2, 0.25) is 0 Å². The van der Waals surface area contributed by atoms with Gasteiger partial charge in [-0.05, 0) is 39.0 Å². The summed E-state index contributed by atoms with van der Waals surface area (Å²) in [4.78, 5) is 40.3. The Morgan fingerprint density at radius 2 is 1.93 bits per heavy atom. The molecule has 1 aromatic heterocycles. The van der Waals surface area contributed by atoms with Crippen LogP contribution in [-0.4, -0.2) is 41.5 Å². The molecule has 9 heteroatoms. The van der Waals surface area contributed by atoms with Gasteiger partial charge in [0.25, 0.3) is 5.91 Å². The predicted molar refractivity (Wildman–Crippen MR) is 110 cm³/mol. The number of amides is 3. The predicted octanol–water partition coefficient (Wildman–Crippen LogP) is 3.67. The molecule has 29 heavy (non-hydrogen) atoms. The van der Waals surface area contributed by atoms with Crippen LogP contribution >= 0.6 is 15.9 Å². The number of benzene rings is 1. The van der Waals surface area contributed by atoms with Crippen molar-refractivity contribution in [1.29, 1.82) is 0 Å². The Hall–Kier alpha value is -2.81. The standard InChI is InChI=1S/C20H22BrN3O5/c1-20(2,3)29-19(27)23-9-12(10-23)18(26)24(14-6-7-28-11-14)16-8-13(21)4-5-15(16)17(22)25/h4-8,11-12H,9-10H2,1-3H3,(H2,22,25). The van der Waals surface area contributed by atoms with Crippen molar-refractivity contribution in [3.8, 4) is 0 Å². The van der Waals surface area contributed by atoms with Gasteiger partial charge in [0, 0.05) is 23.6 Å². The number of nitrogens with zero attached hydrogens (tertiary/aromatic N) is 2. The fourth-order valence-electron chi connectivity index (χ4n) is 2.96. The number of primary amides is 1. The van der Waals surface area contributed by atoms with Crippen molar-refractivity contribution in [2.45, 2.75) is 26.4 Å². The summed E-state index contributed by atoms with van der Waals surface area (Å²) in [6.45, 7) is 5.80. The molecule has 1 aliphatic heterocycles. The maximum Gasteiger partial charge on any atom is 0.410 e. The van der Waals surface area contributed by atoms with Gasteiger partial charge in [0.2, 0.25) is 5.91 Å². The summed E-state index contributed by atoms with van der Waals surface area (Å²) < 4.78 is 11.2. The summed E-state index contributed by atoms with van der Waals surface area (Å²) in [6, 6.07) is 6.49. The molecule has 0 spiro atoms. The Morgan fingerprint density at radius 3 is 2.48 bits per heavy atom. The van der Waals surface area contributed by atoms with E-state index in [9.17, 15) is 14.4 Å². The average Bonchev–Trinajstić information content (AvgIpc) is 3.05. The maximum atomic E-state index is 13.3. The number of halogens is 1. The van der Waals surface area contributed by atoms with Crippen molar-refractivity contribution in [2.24, 2.45) is 11.7 Å². The average molecular weight is 464 g/mol. The molecule has 8 nitrogen and oxygen atoms in total. The SMILES string of the molecule is CC(C)(C)OC(=O)N1CC(C(=O)N(c2ccoc2)c2cc(Br)ccc2C(N)=O)C1. The molecule has 0 radical (unpaired) electrons. The summed E-state index contributed by atoms with van der Waals surface area (Å²) in [5, 5.41) is 0. The van der Waals surface area contributed by atoms with Gasteiger partial charge in [0.1, 0.15) is 11.9 Å². The number of hydrogen-bond acceptors (Lipinski definition) is 5. The number of hydrogen-bond donors (Lipinski definition) is 1. The molecular weight excluding hydrogens is 442 g/mol. The van der Waals surface area contributed by atoms with E-state index >= 15 is 0 Å². The first kappa shape index (κ1) is 20.9. The first-order chi connectivity index (χ1) is 13.6. The third-order valence-corrected chi connectivity index (χ3v) is 4.83. The number of furan rings is 1. The highest BCUT2D eigenvalue weighted by Gasteiger charge is 2.41. The third-order valence-electron chi connectivity index (χ3n) is 4.33. The van der Waals surface area contributed by atoms with Crippen LogP contribution in [0.15, 0.2) is 45.7 Å². The molecule has 1 aromatic carbocycles. The summed E-state index contributed by atoms with van der Waals surface area (Å²) in [6.07, 6.45) is 2.39. The topological polar surface area (TPSA) is 106 Å². The van der Waals surface area contributed by atoms with Crippen LogP contribution in [0.4, 0.5) is 16.2 Å². The summed E-state index contributed by atoms with van der Waals surface area (Å²) in [7, 11) is 0. The first-order valence-electron chi connectivity index (χ1n) is 9.00. The van der Waals surface area contributed by atoms with Crippen molar-refractivity contribution < 1.29 is 23.5 Å². The van der Waals surface area contributed by atoms with Gasteiger partial charge in [-0.2, -0.15) is 0 Å². The number of rotatable bonds is 4. The van der Waals surface area contributed by atoms with Crippen molar-refractivity contribution in [3.05, 3.63) is 46.8 Å². The van der Waals surface area contributed by atoms with E-state index in [1.54, 1.807) is 45.0 Å². The Kier molecular flexibility index (Phi) is 5.70. The van der Waals surface area contributed by atoms with Gasteiger partial charge in [0.15, 0.2) is 0 Å². The molecule has 1 saturated heterocycles. The number of nitrogens with two attached hydrogens (primary N) is 1. The van der Waals surface area contributed by atoms with E-state index in [4.69, 9.17) is 14.9 Å². The van der Waals surface area contributed by atoms with E-state index in [-0.39, 0.29) is 24.6 Å². The van der Waals surface area contributed by atoms with Crippen LogP contribution in [-0.2, 0) is 9.53 Å². The zero-order valence-corrected chi connectivity index (χ0v) is 17.9. The van der Waals surface area contributed by atoms with Crippen molar-refractivity contribution in [3.63, 3.8) is 0 Å². The number of ether oxygens (including phenoxy) is 1. The van der Waals surface area contributed by atoms with Crippen LogP contribution < -0.4 is 10.6 Å². The molecule has 1 aliphatic rings. The Bertz CT molecular complexity index is 930. The van der Waals surface area contributed by atoms with Crippen LogP contribution in [0.1, 0.15) is 31.1 Å². The molecule has 3 amide bonds. The minimum Gasteiger partial charge on any atom is -0.470 e. The summed E-state index contributed by atoms with van der Waals surface area (Å²) in [5.74, 6) is -1.37. The molecule has 0 unspecified atom stereocenters. The molecule has 0 saturated carbocycles. The molecule has 154 valence electrons.